The third-order valence-corrected chi connectivity index (χ3v) is 10.2. The van der Waals surface area contributed by atoms with Crippen LogP contribution in [0.15, 0.2) is 0 Å². The fraction of sp³-hybridized carbons (Fsp3) is 1.00. The molecule has 2 N–H and O–H groups in total. The SMILES string of the molecule is CNCNC1CCC2C3CCC4CC(C(C)C)CCC4(C)C3CCC12C. The first-order valence-electron chi connectivity index (χ1n) is 11.8. The van der Waals surface area contributed by atoms with E-state index in [1.54, 1.807) is 0 Å². The van der Waals surface area contributed by atoms with Crippen LogP contribution in [0.4, 0.5) is 0 Å². The molecule has 0 amide bonds. The molecule has 4 rings (SSSR count). The van der Waals surface area contributed by atoms with Gasteiger partial charge in [0.15, 0.2) is 0 Å². The molecule has 4 fully saturated rings. The molecule has 2 heteroatoms. The standard InChI is InChI=1S/C24H44N2/c1-16(2)17-10-12-23(3)18(14-17)6-7-19-20-8-9-22(26-15-25-5)24(20,4)13-11-21(19)23/h16-22,25-26H,6-15H2,1-5H3. The number of fused-ring (bicyclic) bond motifs is 5. The summed E-state index contributed by atoms with van der Waals surface area (Å²) in [4.78, 5) is 0. The van der Waals surface area contributed by atoms with Gasteiger partial charge in [0.1, 0.15) is 0 Å². The lowest BCUT2D eigenvalue weighted by molar-refractivity contribution is -0.117. The van der Waals surface area contributed by atoms with Gasteiger partial charge in [-0.2, -0.15) is 0 Å². The highest BCUT2D eigenvalue weighted by atomic mass is 15.1. The molecular formula is C24H44N2. The maximum Gasteiger partial charge on any atom is 0.0454 e. The largest absolute Gasteiger partial charge is 0.308 e. The average Bonchev–Trinajstić information content (AvgIpc) is 2.95. The molecule has 0 aromatic heterocycles. The Morgan fingerprint density at radius 1 is 0.885 bits per heavy atom. The topological polar surface area (TPSA) is 24.1 Å². The minimum Gasteiger partial charge on any atom is -0.308 e. The van der Waals surface area contributed by atoms with Crippen LogP contribution >= 0.6 is 0 Å². The molecule has 0 spiro atoms. The summed E-state index contributed by atoms with van der Waals surface area (Å²) < 4.78 is 0. The van der Waals surface area contributed by atoms with E-state index in [2.05, 4.69) is 45.4 Å². The first-order valence-corrected chi connectivity index (χ1v) is 11.8. The van der Waals surface area contributed by atoms with Crippen molar-refractivity contribution in [1.82, 2.24) is 10.6 Å². The molecule has 2 nitrogen and oxygen atoms in total. The highest BCUT2D eigenvalue weighted by molar-refractivity contribution is 5.10. The fourth-order valence-corrected chi connectivity index (χ4v) is 8.46. The van der Waals surface area contributed by atoms with Crippen molar-refractivity contribution in [3.8, 4) is 0 Å². The van der Waals surface area contributed by atoms with Gasteiger partial charge in [-0.1, -0.05) is 27.7 Å². The summed E-state index contributed by atoms with van der Waals surface area (Å²) in [5.41, 5.74) is 1.21. The number of hydrogen-bond acceptors (Lipinski definition) is 2. The Balaban J connectivity index is 1.51. The molecule has 0 aromatic rings. The minimum atomic E-state index is 0.552. The van der Waals surface area contributed by atoms with Crippen LogP contribution in [-0.2, 0) is 0 Å². The van der Waals surface area contributed by atoms with Gasteiger partial charge < -0.3 is 10.6 Å². The van der Waals surface area contributed by atoms with Crippen molar-refractivity contribution >= 4 is 0 Å². The molecule has 0 bridgehead atoms. The third-order valence-electron chi connectivity index (χ3n) is 10.2. The van der Waals surface area contributed by atoms with Crippen LogP contribution in [0.25, 0.3) is 0 Å². The summed E-state index contributed by atoms with van der Waals surface area (Å²) >= 11 is 0. The van der Waals surface area contributed by atoms with Gasteiger partial charge in [0.2, 0.25) is 0 Å². The van der Waals surface area contributed by atoms with Crippen molar-refractivity contribution in [2.75, 3.05) is 13.7 Å². The second-order valence-corrected chi connectivity index (χ2v) is 11.3. The van der Waals surface area contributed by atoms with Crippen LogP contribution in [-0.4, -0.2) is 19.8 Å². The van der Waals surface area contributed by atoms with Crippen LogP contribution in [0.3, 0.4) is 0 Å². The van der Waals surface area contributed by atoms with E-state index in [1.807, 2.05) is 0 Å². The first-order chi connectivity index (χ1) is 12.4. The Morgan fingerprint density at radius 3 is 2.35 bits per heavy atom. The smallest absolute Gasteiger partial charge is 0.0454 e. The molecule has 0 aliphatic heterocycles. The maximum absolute atomic E-state index is 3.84. The third kappa shape index (κ3) is 2.89. The van der Waals surface area contributed by atoms with Gasteiger partial charge in [0, 0.05) is 12.7 Å². The molecule has 4 saturated carbocycles. The van der Waals surface area contributed by atoms with E-state index in [0.717, 1.165) is 48.2 Å². The predicted octanol–water partition coefficient (Wildman–Crippen LogP) is 5.44. The van der Waals surface area contributed by atoms with Gasteiger partial charge in [-0.25, -0.2) is 0 Å². The van der Waals surface area contributed by atoms with Gasteiger partial charge in [0.05, 0.1) is 0 Å². The molecule has 26 heavy (non-hydrogen) atoms. The van der Waals surface area contributed by atoms with Crippen LogP contribution in [0, 0.1) is 46.3 Å². The quantitative estimate of drug-likeness (QED) is 0.653. The molecule has 0 radical (unpaired) electrons. The second kappa shape index (κ2) is 7.07. The lowest BCUT2D eigenvalue weighted by atomic mass is 9.44. The Bertz CT molecular complexity index is 502. The van der Waals surface area contributed by atoms with Crippen LogP contribution < -0.4 is 10.6 Å². The first kappa shape index (κ1) is 19.2. The van der Waals surface area contributed by atoms with Crippen molar-refractivity contribution < 1.29 is 0 Å². The van der Waals surface area contributed by atoms with E-state index < -0.39 is 0 Å². The molecule has 0 saturated heterocycles. The molecule has 0 aromatic carbocycles. The van der Waals surface area contributed by atoms with Crippen LogP contribution in [0.1, 0.15) is 85.5 Å². The summed E-state index contributed by atoms with van der Waals surface area (Å²) in [5.74, 6) is 5.94. The Morgan fingerprint density at radius 2 is 1.62 bits per heavy atom. The van der Waals surface area contributed by atoms with Crippen molar-refractivity contribution in [3.63, 3.8) is 0 Å². The fourth-order valence-electron chi connectivity index (χ4n) is 8.46. The number of hydrogen-bond donors (Lipinski definition) is 2. The summed E-state index contributed by atoms with van der Waals surface area (Å²) in [6.45, 7) is 11.2. The highest BCUT2D eigenvalue weighted by Gasteiger charge is 2.60. The zero-order valence-electron chi connectivity index (χ0n) is 18.1. The van der Waals surface area contributed by atoms with Crippen molar-refractivity contribution in [3.05, 3.63) is 0 Å². The number of rotatable bonds is 4. The van der Waals surface area contributed by atoms with Crippen molar-refractivity contribution in [2.45, 2.75) is 91.5 Å². The highest BCUT2D eigenvalue weighted by Crippen LogP contribution is 2.66. The molecular weight excluding hydrogens is 316 g/mol. The Hall–Kier alpha value is -0.0800. The summed E-state index contributed by atoms with van der Waals surface area (Å²) in [5, 5.41) is 7.15. The van der Waals surface area contributed by atoms with Gasteiger partial charge in [-0.3, -0.25) is 0 Å². The summed E-state index contributed by atoms with van der Waals surface area (Å²) in [6.07, 6.45) is 13.5. The molecule has 0 heterocycles. The summed E-state index contributed by atoms with van der Waals surface area (Å²) in [7, 11) is 2.06. The van der Waals surface area contributed by atoms with Crippen LogP contribution in [0.5, 0.6) is 0 Å². The Kier molecular flexibility index (Phi) is 5.23. The molecule has 4 aliphatic carbocycles. The van der Waals surface area contributed by atoms with Crippen LogP contribution in [0.2, 0.25) is 0 Å². The lowest BCUT2D eigenvalue weighted by Crippen LogP contribution is -2.56. The zero-order chi connectivity index (χ0) is 18.5. The van der Waals surface area contributed by atoms with E-state index in [1.165, 1.54) is 57.8 Å². The number of nitrogens with one attached hydrogen (secondary N) is 2. The molecule has 8 unspecified atom stereocenters. The van der Waals surface area contributed by atoms with E-state index in [-0.39, 0.29) is 0 Å². The van der Waals surface area contributed by atoms with Gasteiger partial charge >= 0.3 is 0 Å². The van der Waals surface area contributed by atoms with Gasteiger partial charge in [-0.15, -0.1) is 0 Å². The van der Waals surface area contributed by atoms with E-state index >= 15 is 0 Å². The van der Waals surface area contributed by atoms with Gasteiger partial charge in [0.25, 0.3) is 0 Å². The predicted molar refractivity (Wildman–Crippen MR) is 111 cm³/mol. The molecule has 8 atom stereocenters. The molecule has 150 valence electrons. The average molecular weight is 361 g/mol. The zero-order valence-corrected chi connectivity index (χ0v) is 18.1. The van der Waals surface area contributed by atoms with Gasteiger partial charge in [-0.05, 0) is 111 Å². The monoisotopic (exact) mass is 360 g/mol. The minimum absolute atomic E-state index is 0.552. The summed E-state index contributed by atoms with van der Waals surface area (Å²) in [6, 6.07) is 0.739. The maximum atomic E-state index is 3.84. The van der Waals surface area contributed by atoms with E-state index in [4.69, 9.17) is 0 Å². The van der Waals surface area contributed by atoms with E-state index in [9.17, 15) is 0 Å². The van der Waals surface area contributed by atoms with Crippen molar-refractivity contribution in [2.24, 2.45) is 46.3 Å². The van der Waals surface area contributed by atoms with E-state index in [0.29, 0.717) is 10.8 Å². The lowest BCUT2D eigenvalue weighted by Gasteiger charge is -2.61. The second-order valence-electron chi connectivity index (χ2n) is 11.3. The Labute approximate surface area is 162 Å². The molecule has 4 aliphatic rings. The van der Waals surface area contributed by atoms with Crippen molar-refractivity contribution in [1.29, 1.82) is 0 Å². The normalized spacial score (nSPS) is 51.0.